The SMILES string of the molecule is CC1Cc2ccccc2N1c1ccc(C(=O)NCc2ccccn2)nn1. The van der Waals surface area contributed by atoms with Crippen LogP contribution in [0.5, 0.6) is 0 Å². The fourth-order valence-corrected chi connectivity index (χ4v) is 3.25. The summed E-state index contributed by atoms with van der Waals surface area (Å²) < 4.78 is 0. The highest BCUT2D eigenvalue weighted by Crippen LogP contribution is 2.36. The van der Waals surface area contributed by atoms with Gasteiger partial charge in [0.2, 0.25) is 0 Å². The predicted octanol–water partition coefficient (Wildman–Crippen LogP) is 2.88. The number of aromatic nitrogens is 3. The molecule has 1 unspecified atom stereocenters. The van der Waals surface area contributed by atoms with E-state index in [1.165, 1.54) is 5.56 Å². The van der Waals surface area contributed by atoms with Crippen molar-refractivity contribution in [2.24, 2.45) is 0 Å². The molecule has 2 aromatic heterocycles. The molecule has 0 aliphatic carbocycles. The summed E-state index contributed by atoms with van der Waals surface area (Å²) in [6, 6.07) is 17.8. The first-order valence-electron chi connectivity index (χ1n) is 8.61. The van der Waals surface area contributed by atoms with E-state index in [9.17, 15) is 4.79 Å². The van der Waals surface area contributed by atoms with Crippen LogP contribution in [0.1, 0.15) is 28.7 Å². The summed E-state index contributed by atoms with van der Waals surface area (Å²) in [6.07, 6.45) is 2.68. The van der Waals surface area contributed by atoms with Crippen LogP contribution in [0.2, 0.25) is 0 Å². The average Bonchev–Trinajstić information content (AvgIpc) is 3.03. The van der Waals surface area contributed by atoms with Crippen LogP contribution in [0.4, 0.5) is 11.5 Å². The van der Waals surface area contributed by atoms with E-state index >= 15 is 0 Å². The number of carbonyl (C=O) groups excluding carboxylic acids is 1. The first-order chi connectivity index (χ1) is 12.7. The highest BCUT2D eigenvalue weighted by Gasteiger charge is 2.28. The van der Waals surface area contributed by atoms with E-state index in [2.05, 4.69) is 50.5 Å². The van der Waals surface area contributed by atoms with Crippen LogP contribution in [0.15, 0.2) is 60.8 Å². The van der Waals surface area contributed by atoms with E-state index in [-0.39, 0.29) is 5.91 Å². The van der Waals surface area contributed by atoms with Gasteiger partial charge in [-0.2, -0.15) is 0 Å². The van der Waals surface area contributed by atoms with Gasteiger partial charge in [0.25, 0.3) is 5.91 Å². The average molecular weight is 345 g/mol. The number of fused-ring (bicyclic) bond motifs is 1. The van der Waals surface area contributed by atoms with Crippen molar-refractivity contribution in [3.8, 4) is 0 Å². The summed E-state index contributed by atoms with van der Waals surface area (Å²) in [5.41, 5.74) is 3.55. The molecule has 0 radical (unpaired) electrons. The lowest BCUT2D eigenvalue weighted by molar-refractivity contribution is 0.0944. The van der Waals surface area contributed by atoms with Crippen LogP contribution in [0.25, 0.3) is 0 Å². The van der Waals surface area contributed by atoms with Crippen molar-refractivity contribution in [3.63, 3.8) is 0 Å². The standard InChI is InChI=1S/C20H19N5O/c1-14-12-15-6-2-3-8-18(15)25(14)19-10-9-17(23-24-19)20(26)22-13-16-7-4-5-11-21-16/h2-11,14H,12-13H2,1H3,(H,22,26). The van der Waals surface area contributed by atoms with Gasteiger partial charge in [-0.3, -0.25) is 9.78 Å². The zero-order chi connectivity index (χ0) is 17.9. The van der Waals surface area contributed by atoms with Gasteiger partial charge in [-0.05, 0) is 49.2 Å². The Morgan fingerprint density at radius 2 is 1.96 bits per heavy atom. The molecule has 0 bridgehead atoms. The van der Waals surface area contributed by atoms with Crippen molar-refractivity contribution >= 4 is 17.4 Å². The quantitative estimate of drug-likeness (QED) is 0.787. The molecule has 26 heavy (non-hydrogen) atoms. The second-order valence-electron chi connectivity index (χ2n) is 6.33. The van der Waals surface area contributed by atoms with Crippen LogP contribution in [-0.4, -0.2) is 27.1 Å². The normalized spacial score (nSPS) is 15.6. The minimum absolute atomic E-state index is 0.260. The Hall–Kier alpha value is -3.28. The van der Waals surface area contributed by atoms with Crippen LogP contribution < -0.4 is 10.2 Å². The highest BCUT2D eigenvalue weighted by molar-refractivity contribution is 5.92. The van der Waals surface area contributed by atoms with E-state index in [1.54, 1.807) is 12.3 Å². The molecule has 3 aromatic rings. The number of pyridine rings is 1. The van der Waals surface area contributed by atoms with Gasteiger partial charge < -0.3 is 10.2 Å². The van der Waals surface area contributed by atoms with Gasteiger partial charge >= 0.3 is 0 Å². The van der Waals surface area contributed by atoms with E-state index in [4.69, 9.17) is 0 Å². The third kappa shape index (κ3) is 3.13. The van der Waals surface area contributed by atoms with Crippen molar-refractivity contribution in [2.45, 2.75) is 25.9 Å². The fourth-order valence-electron chi connectivity index (χ4n) is 3.25. The number of nitrogens with one attached hydrogen (secondary N) is 1. The molecule has 1 aliphatic heterocycles. The molecule has 130 valence electrons. The predicted molar refractivity (Wildman–Crippen MR) is 99.2 cm³/mol. The molecule has 6 nitrogen and oxygen atoms in total. The molecular formula is C20H19N5O. The second-order valence-corrected chi connectivity index (χ2v) is 6.33. The molecule has 0 spiro atoms. The Labute approximate surface area is 151 Å². The Kier molecular flexibility index (Phi) is 4.31. The van der Waals surface area contributed by atoms with Crippen LogP contribution in [-0.2, 0) is 13.0 Å². The number of anilines is 2. The van der Waals surface area contributed by atoms with Crippen molar-refractivity contribution in [2.75, 3.05) is 4.90 Å². The van der Waals surface area contributed by atoms with E-state index in [1.807, 2.05) is 30.3 Å². The topological polar surface area (TPSA) is 71.0 Å². The molecular weight excluding hydrogens is 326 g/mol. The van der Waals surface area contributed by atoms with Crippen molar-refractivity contribution in [1.29, 1.82) is 0 Å². The molecule has 4 rings (SSSR count). The lowest BCUT2D eigenvalue weighted by atomic mass is 10.1. The zero-order valence-corrected chi connectivity index (χ0v) is 14.5. The van der Waals surface area contributed by atoms with Gasteiger partial charge in [0.05, 0.1) is 12.2 Å². The number of nitrogens with zero attached hydrogens (tertiary/aromatic N) is 4. The maximum absolute atomic E-state index is 12.3. The smallest absolute Gasteiger partial charge is 0.272 e. The monoisotopic (exact) mass is 345 g/mol. The molecule has 1 amide bonds. The Bertz CT molecular complexity index is 911. The molecule has 1 aliphatic rings. The molecule has 0 saturated heterocycles. The van der Waals surface area contributed by atoms with E-state index < -0.39 is 0 Å². The van der Waals surface area contributed by atoms with Gasteiger partial charge in [0, 0.05) is 17.9 Å². The highest BCUT2D eigenvalue weighted by atomic mass is 16.1. The first-order valence-corrected chi connectivity index (χ1v) is 8.61. The number of amides is 1. The van der Waals surface area contributed by atoms with Gasteiger partial charge in [-0.25, -0.2) is 0 Å². The summed E-state index contributed by atoms with van der Waals surface area (Å²) in [5, 5.41) is 11.2. The summed E-state index contributed by atoms with van der Waals surface area (Å²) >= 11 is 0. The van der Waals surface area contributed by atoms with Gasteiger partial charge in [-0.15, -0.1) is 10.2 Å². The number of rotatable bonds is 4. The van der Waals surface area contributed by atoms with Crippen molar-refractivity contribution in [1.82, 2.24) is 20.5 Å². The molecule has 0 saturated carbocycles. The summed E-state index contributed by atoms with van der Waals surface area (Å²) in [4.78, 5) is 18.6. The number of para-hydroxylation sites is 1. The maximum Gasteiger partial charge on any atom is 0.272 e. The molecule has 0 fully saturated rings. The van der Waals surface area contributed by atoms with Gasteiger partial charge in [-0.1, -0.05) is 24.3 Å². The third-order valence-electron chi connectivity index (χ3n) is 4.49. The number of hydrogen-bond acceptors (Lipinski definition) is 5. The summed E-state index contributed by atoms with van der Waals surface area (Å²) in [6.45, 7) is 2.52. The summed E-state index contributed by atoms with van der Waals surface area (Å²) in [5.74, 6) is 0.494. The fraction of sp³-hybridized carbons (Fsp3) is 0.200. The lowest BCUT2D eigenvalue weighted by Gasteiger charge is -2.23. The zero-order valence-electron chi connectivity index (χ0n) is 14.5. The third-order valence-corrected chi connectivity index (χ3v) is 4.49. The minimum Gasteiger partial charge on any atom is -0.345 e. The Balaban J connectivity index is 1.48. The summed E-state index contributed by atoms with van der Waals surface area (Å²) in [7, 11) is 0. The van der Waals surface area contributed by atoms with Crippen LogP contribution in [0, 0.1) is 0 Å². The minimum atomic E-state index is -0.260. The number of hydrogen-bond donors (Lipinski definition) is 1. The van der Waals surface area contributed by atoms with Gasteiger partial charge in [0.1, 0.15) is 0 Å². The lowest BCUT2D eigenvalue weighted by Crippen LogP contribution is -2.27. The molecule has 1 N–H and O–H groups in total. The molecule has 1 atom stereocenters. The van der Waals surface area contributed by atoms with Crippen LogP contribution in [0.3, 0.4) is 0 Å². The van der Waals surface area contributed by atoms with E-state index in [0.717, 1.165) is 23.6 Å². The van der Waals surface area contributed by atoms with Gasteiger partial charge in [0.15, 0.2) is 11.5 Å². The molecule has 1 aromatic carbocycles. The molecule has 6 heteroatoms. The Morgan fingerprint density at radius 3 is 2.73 bits per heavy atom. The number of carbonyl (C=O) groups is 1. The van der Waals surface area contributed by atoms with Crippen molar-refractivity contribution < 1.29 is 4.79 Å². The van der Waals surface area contributed by atoms with E-state index in [0.29, 0.717) is 18.3 Å². The first kappa shape index (κ1) is 16.2. The van der Waals surface area contributed by atoms with Crippen LogP contribution >= 0.6 is 0 Å². The van der Waals surface area contributed by atoms with Crippen molar-refractivity contribution in [3.05, 3.63) is 77.7 Å². The molecule has 3 heterocycles. The number of benzene rings is 1. The largest absolute Gasteiger partial charge is 0.345 e. The maximum atomic E-state index is 12.3. The second kappa shape index (κ2) is 6.92. The Morgan fingerprint density at radius 1 is 1.12 bits per heavy atom.